The second-order valence-corrected chi connectivity index (χ2v) is 4.83. The molecule has 0 saturated heterocycles. The van der Waals surface area contributed by atoms with Crippen molar-refractivity contribution in [1.29, 1.82) is 0 Å². The number of benzene rings is 3. The van der Waals surface area contributed by atoms with Gasteiger partial charge in [0, 0.05) is 0 Å². The smallest absolute Gasteiger partial charge is 0.338 e. The van der Waals surface area contributed by atoms with E-state index in [2.05, 4.69) is 12.1 Å². The summed E-state index contributed by atoms with van der Waals surface area (Å²) < 4.78 is 5.20. The van der Waals surface area contributed by atoms with Gasteiger partial charge in [-0.15, -0.1) is 0 Å². The van der Waals surface area contributed by atoms with Gasteiger partial charge in [-0.1, -0.05) is 54.6 Å². The maximum absolute atomic E-state index is 12.3. The lowest BCUT2D eigenvalue weighted by molar-refractivity contribution is 0.0527. The zero-order valence-corrected chi connectivity index (χ0v) is 11.9. The van der Waals surface area contributed by atoms with Crippen LogP contribution >= 0.6 is 0 Å². The van der Waals surface area contributed by atoms with Gasteiger partial charge in [0.05, 0.1) is 12.2 Å². The molecule has 0 aliphatic heterocycles. The summed E-state index contributed by atoms with van der Waals surface area (Å²) in [5, 5.41) is 2.16. The highest BCUT2D eigenvalue weighted by atomic mass is 16.5. The largest absolute Gasteiger partial charge is 0.462 e. The van der Waals surface area contributed by atoms with Gasteiger partial charge >= 0.3 is 5.97 Å². The minimum absolute atomic E-state index is 0.276. The van der Waals surface area contributed by atoms with Crippen LogP contribution in [0.3, 0.4) is 0 Å². The molecule has 0 N–H and O–H groups in total. The van der Waals surface area contributed by atoms with Crippen molar-refractivity contribution in [3.05, 3.63) is 72.3 Å². The molecule has 3 aromatic carbocycles. The standard InChI is InChI=1S/C19H16O2/c1-2-21-19(20)18-13-16-11-7-6-10-15(16)12-17(18)14-8-4-3-5-9-14/h3-13H,2H2,1H3. The van der Waals surface area contributed by atoms with Crippen LogP contribution in [0.5, 0.6) is 0 Å². The third-order valence-corrected chi connectivity index (χ3v) is 3.47. The molecule has 0 atom stereocenters. The summed E-state index contributed by atoms with van der Waals surface area (Å²) in [5.74, 6) is -0.276. The third kappa shape index (κ3) is 2.65. The average Bonchev–Trinajstić information content (AvgIpc) is 2.54. The molecule has 2 heteroatoms. The molecule has 0 aliphatic rings. The van der Waals surface area contributed by atoms with Crippen LogP contribution in [0, 0.1) is 0 Å². The summed E-state index contributed by atoms with van der Waals surface area (Å²) in [5.41, 5.74) is 2.54. The second-order valence-electron chi connectivity index (χ2n) is 4.83. The van der Waals surface area contributed by atoms with E-state index in [1.54, 1.807) is 0 Å². The monoisotopic (exact) mass is 276 g/mol. The Labute approximate surface area is 124 Å². The predicted molar refractivity (Wildman–Crippen MR) is 85.3 cm³/mol. The topological polar surface area (TPSA) is 26.3 Å². The Morgan fingerprint density at radius 3 is 2.19 bits per heavy atom. The Kier molecular flexibility index (Phi) is 3.69. The highest BCUT2D eigenvalue weighted by Gasteiger charge is 2.15. The molecular formula is C19H16O2. The lowest BCUT2D eigenvalue weighted by Crippen LogP contribution is -2.06. The maximum Gasteiger partial charge on any atom is 0.338 e. The van der Waals surface area contributed by atoms with Crippen molar-refractivity contribution in [3.8, 4) is 11.1 Å². The van der Waals surface area contributed by atoms with Crippen molar-refractivity contribution in [2.45, 2.75) is 6.92 Å². The zero-order valence-electron chi connectivity index (χ0n) is 11.9. The molecular weight excluding hydrogens is 260 g/mol. The van der Waals surface area contributed by atoms with E-state index in [4.69, 9.17) is 4.74 Å². The first kappa shape index (κ1) is 13.4. The van der Waals surface area contributed by atoms with Crippen LogP contribution in [-0.4, -0.2) is 12.6 Å². The number of carbonyl (C=O) groups is 1. The molecule has 0 aromatic heterocycles. The molecule has 3 aromatic rings. The van der Waals surface area contributed by atoms with Crippen molar-refractivity contribution in [1.82, 2.24) is 0 Å². The summed E-state index contributed by atoms with van der Waals surface area (Å²) in [7, 11) is 0. The summed E-state index contributed by atoms with van der Waals surface area (Å²) in [6.45, 7) is 2.20. The van der Waals surface area contributed by atoms with Crippen LogP contribution in [0.4, 0.5) is 0 Å². The van der Waals surface area contributed by atoms with Crippen molar-refractivity contribution < 1.29 is 9.53 Å². The number of hydrogen-bond donors (Lipinski definition) is 0. The van der Waals surface area contributed by atoms with E-state index in [9.17, 15) is 4.79 Å². The van der Waals surface area contributed by atoms with Crippen LogP contribution in [0.15, 0.2) is 66.7 Å². The van der Waals surface area contributed by atoms with E-state index in [0.29, 0.717) is 12.2 Å². The van der Waals surface area contributed by atoms with Crippen LogP contribution in [0.2, 0.25) is 0 Å². The first-order valence-corrected chi connectivity index (χ1v) is 7.05. The maximum atomic E-state index is 12.3. The summed E-state index contributed by atoms with van der Waals surface area (Å²) in [4.78, 5) is 12.3. The lowest BCUT2D eigenvalue weighted by Gasteiger charge is -2.11. The molecule has 104 valence electrons. The third-order valence-electron chi connectivity index (χ3n) is 3.47. The van der Waals surface area contributed by atoms with Gasteiger partial charge in [0.2, 0.25) is 0 Å². The van der Waals surface area contributed by atoms with Crippen molar-refractivity contribution in [2.75, 3.05) is 6.61 Å². The SMILES string of the molecule is CCOC(=O)c1cc2ccccc2cc1-c1ccccc1. The number of carbonyl (C=O) groups excluding carboxylic acids is 1. The molecule has 0 amide bonds. The molecule has 21 heavy (non-hydrogen) atoms. The molecule has 0 fully saturated rings. The normalized spacial score (nSPS) is 10.5. The van der Waals surface area contributed by atoms with Crippen LogP contribution in [0.1, 0.15) is 17.3 Å². The van der Waals surface area contributed by atoms with E-state index < -0.39 is 0 Å². The Hall–Kier alpha value is -2.61. The Morgan fingerprint density at radius 2 is 1.52 bits per heavy atom. The highest BCUT2D eigenvalue weighted by Crippen LogP contribution is 2.29. The van der Waals surface area contributed by atoms with E-state index in [-0.39, 0.29) is 5.97 Å². The number of hydrogen-bond acceptors (Lipinski definition) is 2. The fourth-order valence-corrected chi connectivity index (χ4v) is 2.47. The van der Waals surface area contributed by atoms with Crippen LogP contribution in [0.25, 0.3) is 21.9 Å². The van der Waals surface area contributed by atoms with Crippen molar-refractivity contribution in [2.24, 2.45) is 0 Å². The summed E-state index contributed by atoms with van der Waals surface area (Å²) in [6.07, 6.45) is 0. The molecule has 3 rings (SSSR count). The first-order chi connectivity index (χ1) is 10.3. The van der Waals surface area contributed by atoms with Gasteiger partial charge in [-0.05, 0) is 41.0 Å². The van der Waals surface area contributed by atoms with Crippen molar-refractivity contribution in [3.63, 3.8) is 0 Å². The molecule has 0 unspecified atom stereocenters. The van der Waals surface area contributed by atoms with Gasteiger partial charge in [0.1, 0.15) is 0 Å². The van der Waals surface area contributed by atoms with Gasteiger partial charge < -0.3 is 4.74 Å². The summed E-state index contributed by atoms with van der Waals surface area (Å²) >= 11 is 0. The Morgan fingerprint density at radius 1 is 0.905 bits per heavy atom. The van der Waals surface area contributed by atoms with Gasteiger partial charge in [-0.3, -0.25) is 0 Å². The van der Waals surface area contributed by atoms with Crippen LogP contribution < -0.4 is 0 Å². The van der Waals surface area contributed by atoms with E-state index in [0.717, 1.165) is 21.9 Å². The number of rotatable bonds is 3. The Bertz CT molecular complexity index is 776. The lowest BCUT2D eigenvalue weighted by atomic mass is 9.95. The van der Waals surface area contributed by atoms with E-state index >= 15 is 0 Å². The molecule has 0 spiro atoms. The molecule has 2 nitrogen and oxygen atoms in total. The Balaban J connectivity index is 2.24. The highest BCUT2D eigenvalue weighted by molar-refractivity contribution is 6.03. The first-order valence-electron chi connectivity index (χ1n) is 7.05. The number of esters is 1. The van der Waals surface area contributed by atoms with Gasteiger partial charge in [0.15, 0.2) is 0 Å². The van der Waals surface area contributed by atoms with Crippen molar-refractivity contribution >= 4 is 16.7 Å². The summed E-state index contributed by atoms with van der Waals surface area (Å²) in [6, 6.07) is 21.9. The second kappa shape index (κ2) is 5.80. The molecule has 0 bridgehead atoms. The van der Waals surface area contributed by atoms with Gasteiger partial charge in [0.25, 0.3) is 0 Å². The van der Waals surface area contributed by atoms with Crippen LogP contribution in [-0.2, 0) is 4.74 Å². The fraction of sp³-hybridized carbons (Fsp3) is 0.105. The quantitative estimate of drug-likeness (QED) is 0.649. The number of fused-ring (bicyclic) bond motifs is 1. The minimum atomic E-state index is -0.276. The van der Waals surface area contributed by atoms with E-state index in [1.165, 1.54) is 0 Å². The zero-order chi connectivity index (χ0) is 14.7. The van der Waals surface area contributed by atoms with Gasteiger partial charge in [-0.2, -0.15) is 0 Å². The molecule has 0 aliphatic carbocycles. The number of ether oxygens (including phenoxy) is 1. The average molecular weight is 276 g/mol. The predicted octanol–water partition coefficient (Wildman–Crippen LogP) is 4.68. The van der Waals surface area contributed by atoms with Gasteiger partial charge in [-0.25, -0.2) is 4.79 Å². The molecule has 0 radical (unpaired) electrons. The molecule has 0 saturated carbocycles. The fourth-order valence-electron chi connectivity index (χ4n) is 2.47. The minimum Gasteiger partial charge on any atom is -0.462 e. The van der Waals surface area contributed by atoms with E-state index in [1.807, 2.05) is 61.5 Å². The molecule has 0 heterocycles.